The van der Waals surface area contributed by atoms with Crippen LogP contribution in [0.3, 0.4) is 0 Å². The van der Waals surface area contributed by atoms with Gasteiger partial charge in [0, 0.05) is 38.6 Å². The monoisotopic (exact) mass is 342 g/mol. The fraction of sp³-hybridized carbons (Fsp3) is 0.846. The Kier molecular flexibility index (Phi) is 13.0. The number of nitrogens with one attached hydrogen (secondary N) is 1. The minimum atomic E-state index is 0. The van der Waals surface area contributed by atoms with Crippen LogP contribution in [0.5, 0.6) is 0 Å². The molecule has 1 aliphatic heterocycles. The van der Waals surface area contributed by atoms with E-state index in [0.717, 1.165) is 19.5 Å². The number of rotatable bonds is 6. The summed E-state index contributed by atoms with van der Waals surface area (Å²) in [6, 6.07) is 0.173. The first kappa shape index (κ1) is 22.7. The van der Waals surface area contributed by atoms with Gasteiger partial charge in [0.25, 0.3) is 0 Å². The van der Waals surface area contributed by atoms with E-state index in [0.29, 0.717) is 32.6 Å². The third kappa shape index (κ3) is 9.14. The molecule has 1 rings (SSSR count). The van der Waals surface area contributed by atoms with E-state index in [-0.39, 0.29) is 42.7 Å². The van der Waals surface area contributed by atoms with Crippen LogP contribution in [-0.4, -0.2) is 66.9 Å². The lowest BCUT2D eigenvalue weighted by Gasteiger charge is -2.34. The zero-order chi connectivity index (χ0) is 14.3. The molecule has 0 aliphatic carbocycles. The molecule has 0 bridgehead atoms. The van der Waals surface area contributed by atoms with Crippen molar-refractivity contribution in [3.63, 3.8) is 0 Å². The number of amides is 2. The second-order valence-corrected chi connectivity index (χ2v) is 5.27. The van der Waals surface area contributed by atoms with Crippen molar-refractivity contribution < 1.29 is 9.59 Å². The highest BCUT2D eigenvalue weighted by Gasteiger charge is 2.21. The topological polar surface area (TPSA) is 78.7 Å². The summed E-state index contributed by atoms with van der Waals surface area (Å²) in [5, 5.41) is 2.88. The number of halogens is 2. The largest absolute Gasteiger partial charge is 0.353 e. The normalized spacial score (nSPS) is 15.1. The Bertz CT molecular complexity index is 309. The smallest absolute Gasteiger partial charge is 0.234 e. The third-order valence-corrected chi connectivity index (χ3v) is 3.14. The molecule has 0 aromatic rings. The second-order valence-electron chi connectivity index (χ2n) is 5.27. The molecule has 0 unspecified atom stereocenters. The zero-order valence-corrected chi connectivity index (χ0v) is 14.5. The molecule has 1 saturated heterocycles. The number of nitrogens with two attached hydrogens (primary N) is 1. The Morgan fingerprint density at radius 1 is 1.14 bits per heavy atom. The third-order valence-electron chi connectivity index (χ3n) is 3.14. The average molecular weight is 343 g/mol. The first-order chi connectivity index (χ1) is 9.02. The van der Waals surface area contributed by atoms with Gasteiger partial charge in [-0.1, -0.05) is 0 Å². The molecule has 0 aromatic heterocycles. The molecule has 21 heavy (non-hydrogen) atoms. The predicted molar refractivity (Wildman–Crippen MR) is 89.1 cm³/mol. The lowest BCUT2D eigenvalue weighted by Crippen LogP contribution is -2.51. The van der Waals surface area contributed by atoms with Crippen molar-refractivity contribution in [3.8, 4) is 0 Å². The quantitative estimate of drug-likeness (QED) is 0.724. The van der Waals surface area contributed by atoms with Crippen molar-refractivity contribution in [2.75, 3.05) is 39.3 Å². The standard InChI is InChI=1S/C13H26N4O2.2ClH/c1-11(2)15-12(18)10-16-6-8-17(9-7-16)13(19)4-3-5-14;;/h11H,3-10,14H2,1-2H3,(H,15,18);2*1H. The summed E-state index contributed by atoms with van der Waals surface area (Å²) in [6.07, 6.45) is 1.28. The summed E-state index contributed by atoms with van der Waals surface area (Å²) in [6.45, 7) is 7.82. The van der Waals surface area contributed by atoms with E-state index in [2.05, 4.69) is 10.2 Å². The predicted octanol–water partition coefficient (Wildman–Crippen LogP) is 0.238. The van der Waals surface area contributed by atoms with Crippen molar-refractivity contribution in [3.05, 3.63) is 0 Å². The van der Waals surface area contributed by atoms with E-state index in [4.69, 9.17) is 5.73 Å². The van der Waals surface area contributed by atoms with Crippen LogP contribution in [0, 0.1) is 0 Å². The minimum Gasteiger partial charge on any atom is -0.353 e. The van der Waals surface area contributed by atoms with Crippen molar-refractivity contribution in [2.24, 2.45) is 5.73 Å². The van der Waals surface area contributed by atoms with Gasteiger partial charge in [-0.25, -0.2) is 0 Å². The summed E-state index contributed by atoms with van der Waals surface area (Å²) in [5.74, 6) is 0.231. The number of hydrogen-bond donors (Lipinski definition) is 2. The van der Waals surface area contributed by atoms with Crippen LogP contribution < -0.4 is 11.1 Å². The first-order valence-corrected chi connectivity index (χ1v) is 7.02. The van der Waals surface area contributed by atoms with Gasteiger partial charge in [-0.2, -0.15) is 0 Å². The van der Waals surface area contributed by atoms with Crippen LogP contribution in [0.1, 0.15) is 26.7 Å². The van der Waals surface area contributed by atoms with Crippen molar-refractivity contribution >= 4 is 36.6 Å². The van der Waals surface area contributed by atoms with Gasteiger partial charge in [0.15, 0.2) is 0 Å². The number of carbonyl (C=O) groups is 2. The SMILES string of the molecule is CC(C)NC(=O)CN1CCN(C(=O)CCCN)CC1.Cl.Cl. The van der Waals surface area contributed by atoms with E-state index < -0.39 is 0 Å². The maximum absolute atomic E-state index is 11.8. The van der Waals surface area contributed by atoms with E-state index in [1.54, 1.807) is 0 Å². The number of hydrogen-bond acceptors (Lipinski definition) is 4. The molecule has 1 heterocycles. The van der Waals surface area contributed by atoms with Gasteiger partial charge in [-0.05, 0) is 26.8 Å². The fourth-order valence-electron chi connectivity index (χ4n) is 2.14. The molecule has 8 heteroatoms. The van der Waals surface area contributed by atoms with E-state index in [9.17, 15) is 9.59 Å². The Hall–Kier alpha value is -0.560. The van der Waals surface area contributed by atoms with Gasteiger partial charge in [0.05, 0.1) is 6.54 Å². The van der Waals surface area contributed by atoms with Gasteiger partial charge in [0.2, 0.25) is 11.8 Å². The van der Waals surface area contributed by atoms with Gasteiger partial charge >= 0.3 is 0 Å². The first-order valence-electron chi connectivity index (χ1n) is 7.02. The van der Waals surface area contributed by atoms with E-state index >= 15 is 0 Å². The summed E-state index contributed by atoms with van der Waals surface area (Å²) in [4.78, 5) is 27.4. The van der Waals surface area contributed by atoms with E-state index in [1.807, 2.05) is 18.7 Å². The number of carbonyl (C=O) groups excluding carboxylic acids is 2. The van der Waals surface area contributed by atoms with Gasteiger partial charge in [-0.3, -0.25) is 14.5 Å². The zero-order valence-electron chi connectivity index (χ0n) is 12.8. The number of nitrogens with zero attached hydrogens (tertiary/aromatic N) is 2. The molecule has 1 fully saturated rings. The highest BCUT2D eigenvalue weighted by molar-refractivity contribution is 5.85. The van der Waals surface area contributed by atoms with Crippen LogP contribution in [0.15, 0.2) is 0 Å². The molecule has 2 amide bonds. The molecule has 0 radical (unpaired) electrons. The highest BCUT2D eigenvalue weighted by atomic mass is 35.5. The lowest BCUT2D eigenvalue weighted by molar-refractivity contribution is -0.133. The maximum Gasteiger partial charge on any atom is 0.234 e. The van der Waals surface area contributed by atoms with Gasteiger partial charge < -0.3 is 16.0 Å². The Balaban J connectivity index is 0. The van der Waals surface area contributed by atoms with Gasteiger partial charge in [0.1, 0.15) is 0 Å². The molecule has 3 N–H and O–H groups in total. The van der Waals surface area contributed by atoms with Crippen LogP contribution in [-0.2, 0) is 9.59 Å². The molecule has 0 spiro atoms. The van der Waals surface area contributed by atoms with Crippen LogP contribution in [0.2, 0.25) is 0 Å². The second kappa shape index (κ2) is 12.0. The lowest BCUT2D eigenvalue weighted by atomic mass is 10.2. The molecule has 126 valence electrons. The van der Waals surface area contributed by atoms with E-state index in [1.165, 1.54) is 0 Å². The Morgan fingerprint density at radius 2 is 1.71 bits per heavy atom. The Morgan fingerprint density at radius 3 is 2.19 bits per heavy atom. The summed E-state index contributed by atoms with van der Waals surface area (Å²) in [5.41, 5.74) is 5.40. The molecule has 0 atom stereocenters. The minimum absolute atomic E-state index is 0. The van der Waals surface area contributed by atoms with Crippen LogP contribution in [0.25, 0.3) is 0 Å². The maximum atomic E-state index is 11.8. The highest BCUT2D eigenvalue weighted by Crippen LogP contribution is 2.04. The molecule has 6 nitrogen and oxygen atoms in total. The summed E-state index contributed by atoms with van der Waals surface area (Å²) < 4.78 is 0. The molecular weight excluding hydrogens is 315 g/mol. The van der Waals surface area contributed by atoms with Crippen molar-refractivity contribution in [2.45, 2.75) is 32.7 Å². The Labute approximate surface area is 139 Å². The van der Waals surface area contributed by atoms with Gasteiger partial charge in [-0.15, -0.1) is 24.8 Å². The number of piperazine rings is 1. The van der Waals surface area contributed by atoms with Crippen molar-refractivity contribution in [1.29, 1.82) is 0 Å². The average Bonchev–Trinajstić information content (AvgIpc) is 2.35. The molecular formula is C13H28Cl2N4O2. The molecule has 0 saturated carbocycles. The van der Waals surface area contributed by atoms with Crippen LogP contribution in [0.4, 0.5) is 0 Å². The summed E-state index contributed by atoms with van der Waals surface area (Å²) in [7, 11) is 0. The molecule has 1 aliphatic rings. The molecule has 0 aromatic carbocycles. The summed E-state index contributed by atoms with van der Waals surface area (Å²) >= 11 is 0. The fourth-order valence-corrected chi connectivity index (χ4v) is 2.14. The van der Waals surface area contributed by atoms with Crippen LogP contribution >= 0.6 is 24.8 Å². The van der Waals surface area contributed by atoms with Crippen molar-refractivity contribution in [1.82, 2.24) is 15.1 Å².